The van der Waals surface area contributed by atoms with Crippen molar-refractivity contribution < 1.29 is 18.8 Å². The van der Waals surface area contributed by atoms with Crippen LogP contribution in [0.15, 0.2) is 54.5 Å². The Morgan fingerprint density at radius 1 is 1.32 bits per heavy atom. The Balaban J connectivity index is 2.37. The van der Waals surface area contributed by atoms with Crippen molar-refractivity contribution in [3.63, 3.8) is 0 Å². The van der Waals surface area contributed by atoms with Gasteiger partial charge in [-0.15, -0.1) is 0 Å². The number of benzene rings is 2. The molecule has 3 heteroatoms. The summed E-state index contributed by atoms with van der Waals surface area (Å²) >= 11 is 0. The molecule has 0 fully saturated rings. The summed E-state index contributed by atoms with van der Waals surface area (Å²) in [7, 11) is 1.37. The Bertz CT molecular complexity index is 731. The highest BCUT2D eigenvalue weighted by molar-refractivity contribution is 6.08. The minimum atomic E-state index is -0.632. The first-order valence-electron chi connectivity index (χ1n) is 7.10. The largest absolute Gasteiger partial charge is 0.507 e. The number of aromatic hydroxyl groups is 1. The highest BCUT2D eigenvalue weighted by Gasteiger charge is 2.06. The van der Waals surface area contributed by atoms with E-state index in [-0.39, 0.29) is 35.2 Å². The van der Waals surface area contributed by atoms with Crippen molar-refractivity contribution in [2.24, 2.45) is 0 Å². The number of phenols is 1. The van der Waals surface area contributed by atoms with E-state index in [2.05, 4.69) is 0 Å². The van der Waals surface area contributed by atoms with E-state index >= 15 is 0 Å². The van der Waals surface area contributed by atoms with Crippen molar-refractivity contribution in [3.05, 3.63) is 65.7 Å². The number of hydrogen-bond acceptors (Lipinski definition) is 3. The maximum Gasteiger partial charge on any atom is 0.189 e. The molecule has 0 aliphatic heterocycles. The van der Waals surface area contributed by atoms with Crippen LogP contribution in [0.4, 0.5) is 0 Å². The van der Waals surface area contributed by atoms with Gasteiger partial charge in [-0.05, 0) is 35.8 Å². The van der Waals surface area contributed by atoms with Crippen molar-refractivity contribution in [1.82, 2.24) is 0 Å². The fourth-order valence-corrected chi connectivity index (χ4v) is 1.47. The van der Waals surface area contributed by atoms with E-state index in [1.54, 1.807) is 12.1 Å². The molecule has 0 aliphatic rings. The summed E-state index contributed by atoms with van der Waals surface area (Å²) in [5.74, 6) is -0.689. The van der Waals surface area contributed by atoms with Crippen LogP contribution in [0.3, 0.4) is 0 Å². The molecule has 0 radical (unpaired) electrons. The van der Waals surface area contributed by atoms with Crippen molar-refractivity contribution in [2.45, 2.75) is 0 Å². The van der Waals surface area contributed by atoms with Gasteiger partial charge in [-0.2, -0.15) is 0 Å². The SMILES string of the molecule is [2H]/C(=C\c1cc([2H])c(OC)c([2H])c1)C(=O)c1ccccc1O. The van der Waals surface area contributed by atoms with E-state index in [0.29, 0.717) is 5.56 Å². The lowest BCUT2D eigenvalue weighted by molar-refractivity contribution is 0.104. The standard InChI is InChI=1S/C16H14O3/c1-19-13-9-6-12(7-10-13)8-11-16(18)14-4-2-3-5-15(14)17/h2-11,17H,1H3/b11-8+/i9D,10D,11D. The van der Waals surface area contributed by atoms with Gasteiger partial charge in [0.25, 0.3) is 0 Å². The fourth-order valence-electron chi connectivity index (χ4n) is 1.47. The van der Waals surface area contributed by atoms with Crippen molar-refractivity contribution in [2.75, 3.05) is 7.11 Å². The van der Waals surface area contributed by atoms with E-state index in [0.717, 1.165) is 0 Å². The Labute approximate surface area is 116 Å². The summed E-state index contributed by atoms with van der Waals surface area (Å²) in [4.78, 5) is 12.1. The highest BCUT2D eigenvalue weighted by atomic mass is 16.5. The molecule has 0 aliphatic carbocycles. The number of ketones is 1. The second kappa shape index (κ2) is 5.87. The Morgan fingerprint density at radius 2 is 2.00 bits per heavy atom. The second-order valence-corrected chi connectivity index (χ2v) is 3.75. The van der Waals surface area contributed by atoms with E-state index in [4.69, 9.17) is 8.85 Å². The number of hydrogen-bond donors (Lipinski definition) is 1. The second-order valence-electron chi connectivity index (χ2n) is 3.75. The number of ether oxygens (including phenoxy) is 1. The van der Waals surface area contributed by atoms with Gasteiger partial charge in [-0.25, -0.2) is 0 Å². The van der Waals surface area contributed by atoms with Crippen LogP contribution in [0.25, 0.3) is 6.08 Å². The quantitative estimate of drug-likeness (QED) is 0.675. The van der Waals surface area contributed by atoms with Crippen LogP contribution in [0.1, 0.15) is 20.0 Å². The van der Waals surface area contributed by atoms with Gasteiger partial charge in [0.05, 0.1) is 16.8 Å². The molecule has 0 unspecified atom stereocenters. The van der Waals surface area contributed by atoms with Crippen molar-refractivity contribution in [1.29, 1.82) is 0 Å². The minimum absolute atomic E-state index is 0.00376. The van der Waals surface area contributed by atoms with Gasteiger partial charge in [0.1, 0.15) is 11.5 Å². The molecule has 19 heavy (non-hydrogen) atoms. The van der Waals surface area contributed by atoms with Crippen LogP contribution in [0.2, 0.25) is 0 Å². The average molecular weight is 257 g/mol. The molecule has 2 aromatic carbocycles. The number of methoxy groups -OCH3 is 1. The van der Waals surface area contributed by atoms with Gasteiger partial charge in [0.15, 0.2) is 5.78 Å². The first kappa shape index (κ1) is 9.39. The molecule has 0 spiro atoms. The molecule has 0 saturated heterocycles. The van der Waals surface area contributed by atoms with Crippen molar-refractivity contribution >= 4 is 11.9 Å². The Kier molecular flexibility index (Phi) is 2.90. The van der Waals surface area contributed by atoms with Gasteiger partial charge in [0.2, 0.25) is 0 Å². The molecule has 0 bridgehead atoms. The molecule has 0 heterocycles. The van der Waals surface area contributed by atoms with Gasteiger partial charge in [-0.1, -0.05) is 30.3 Å². The third-order valence-electron chi connectivity index (χ3n) is 2.46. The average Bonchev–Trinajstić information content (AvgIpc) is 2.46. The molecule has 0 amide bonds. The Morgan fingerprint density at radius 3 is 2.63 bits per heavy atom. The van der Waals surface area contributed by atoms with Crippen LogP contribution in [0, 0.1) is 0 Å². The molecular formula is C16H14O3. The van der Waals surface area contributed by atoms with Crippen molar-refractivity contribution in [3.8, 4) is 11.5 Å². The van der Waals surface area contributed by atoms with Crippen LogP contribution >= 0.6 is 0 Å². The lowest BCUT2D eigenvalue weighted by Crippen LogP contribution is -1.94. The van der Waals surface area contributed by atoms with E-state index in [1.807, 2.05) is 0 Å². The molecule has 0 aromatic heterocycles. The summed E-state index contributed by atoms with van der Waals surface area (Å²) < 4.78 is 28.2. The summed E-state index contributed by atoms with van der Waals surface area (Å²) in [5, 5.41) is 9.64. The molecule has 3 nitrogen and oxygen atoms in total. The van der Waals surface area contributed by atoms with Gasteiger partial charge < -0.3 is 9.84 Å². The fraction of sp³-hybridized carbons (Fsp3) is 0.0625. The van der Waals surface area contributed by atoms with E-state index in [1.165, 1.54) is 37.5 Å². The zero-order valence-corrected chi connectivity index (χ0v) is 10.3. The van der Waals surface area contributed by atoms with Crippen LogP contribution in [0.5, 0.6) is 11.5 Å². The molecule has 2 aromatic rings. The molecule has 1 N–H and O–H groups in total. The van der Waals surface area contributed by atoms with Crippen LogP contribution in [-0.4, -0.2) is 18.0 Å². The third-order valence-corrected chi connectivity index (χ3v) is 2.46. The number of para-hydroxylation sites is 1. The van der Waals surface area contributed by atoms with Gasteiger partial charge in [-0.3, -0.25) is 4.79 Å². The van der Waals surface area contributed by atoms with Crippen LogP contribution < -0.4 is 4.74 Å². The normalized spacial score (nSPS) is 13.3. The molecule has 2 rings (SSSR count). The highest BCUT2D eigenvalue weighted by Crippen LogP contribution is 2.17. The number of carbonyl (C=O) groups excluding carboxylic acids is 1. The summed E-state index contributed by atoms with van der Waals surface area (Å²) in [6.45, 7) is 0. The maximum absolute atomic E-state index is 12.1. The molecule has 0 atom stereocenters. The summed E-state index contributed by atoms with van der Waals surface area (Å²) in [6.07, 6.45) is 1.25. The molecule has 0 saturated carbocycles. The first-order chi connectivity index (χ1) is 10.4. The lowest BCUT2D eigenvalue weighted by atomic mass is 10.1. The van der Waals surface area contributed by atoms with Gasteiger partial charge >= 0.3 is 0 Å². The van der Waals surface area contributed by atoms with E-state index in [9.17, 15) is 9.90 Å². The van der Waals surface area contributed by atoms with E-state index < -0.39 is 5.78 Å². The summed E-state index contributed by atoms with van der Waals surface area (Å²) in [6, 6.07) is 8.46. The Hall–Kier alpha value is -2.55. The number of phenolic OH excluding ortho intramolecular Hbond substituents is 1. The molecule has 96 valence electrons. The smallest absolute Gasteiger partial charge is 0.189 e. The third kappa shape index (κ3) is 3.22. The zero-order chi connectivity index (χ0) is 16.3. The topological polar surface area (TPSA) is 46.5 Å². The first-order valence-corrected chi connectivity index (χ1v) is 5.60. The lowest BCUT2D eigenvalue weighted by Gasteiger charge is -2.00. The number of carbonyl (C=O) groups is 1. The number of rotatable bonds is 4. The molecular weight excluding hydrogens is 240 g/mol. The minimum Gasteiger partial charge on any atom is -0.507 e. The zero-order valence-electron chi connectivity index (χ0n) is 13.3. The maximum atomic E-state index is 12.1. The number of allylic oxidation sites excluding steroid dienone is 1. The monoisotopic (exact) mass is 257 g/mol. The van der Waals surface area contributed by atoms with Gasteiger partial charge in [0, 0.05) is 0 Å². The predicted octanol–water partition coefficient (Wildman–Crippen LogP) is 3.30. The predicted molar refractivity (Wildman–Crippen MR) is 74.5 cm³/mol. The van der Waals surface area contributed by atoms with Crippen LogP contribution in [-0.2, 0) is 0 Å². The summed E-state index contributed by atoms with van der Waals surface area (Å²) in [5.41, 5.74) is 0.416.